The third-order valence-electron chi connectivity index (χ3n) is 3.39. The number of aromatic nitrogens is 6. The first-order valence-corrected chi connectivity index (χ1v) is 6.30. The van der Waals surface area contributed by atoms with Gasteiger partial charge in [-0.2, -0.15) is 5.10 Å². The largest absolute Gasteiger partial charge is 0.348 e. The van der Waals surface area contributed by atoms with Crippen molar-refractivity contribution in [1.29, 1.82) is 0 Å². The molecule has 0 spiro atoms. The molecule has 3 heterocycles. The first kappa shape index (κ1) is 11.0. The van der Waals surface area contributed by atoms with Gasteiger partial charge in [0, 0.05) is 29.2 Å². The van der Waals surface area contributed by atoms with Crippen LogP contribution in [0.4, 0.5) is 0 Å². The Hall–Kier alpha value is -2.89. The predicted octanol–water partition coefficient (Wildman–Crippen LogP) is 2.45. The number of aryl methyl sites for hydroxylation is 1. The number of aromatic amines is 2. The minimum atomic E-state index is 0.822. The van der Waals surface area contributed by atoms with Crippen molar-refractivity contribution < 1.29 is 0 Å². The minimum absolute atomic E-state index is 0.822. The molecule has 0 bridgehead atoms. The van der Waals surface area contributed by atoms with Crippen LogP contribution in [-0.4, -0.2) is 29.7 Å². The highest BCUT2D eigenvalue weighted by atomic mass is 15.1. The van der Waals surface area contributed by atoms with Crippen molar-refractivity contribution in [3.63, 3.8) is 0 Å². The summed E-state index contributed by atoms with van der Waals surface area (Å²) in [6.45, 7) is 1.99. The Morgan fingerprint density at radius 3 is 3.00 bits per heavy atom. The number of benzene rings is 1. The van der Waals surface area contributed by atoms with Crippen LogP contribution < -0.4 is 0 Å². The van der Waals surface area contributed by atoms with Gasteiger partial charge in [0.2, 0.25) is 0 Å². The molecule has 4 aromatic rings. The fourth-order valence-corrected chi connectivity index (χ4v) is 2.35. The van der Waals surface area contributed by atoms with Gasteiger partial charge in [0.25, 0.3) is 0 Å². The standard InChI is InChI=1S/C14H12N6/c1-9-13(17-8-16-9)14-15-4-5-20(14)11-3-2-10-7-18-19-12(10)6-11/h2-8H,1H3,(H,16,17)(H,18,19). The summed E-state index contributed by atoms with van der Waals surface area (Å²) >= 11 is 0. The highest BCUT2D eigenvalue weighted by Gasteiger charge is 2.12. The summed E-state index contributed by atoms with van der Waals surface area (Å²) in [6, 6.07) is 6.13. The second-order valence-electron chi connectivity index (χ2n) is 4.64. The van der Waals surface area contributed by atoms with E-state index in [0.717, 1.165) is 33.8 Å². The van der Waals surface area contributed by atoms with Crippen LogP contribution in [0.3, 0.4) is 0 Å². The lowest BCUT2D eigenvalue weighted by Gasteiger charge is -2.07. The van der Waals surface area contributed by atoms with Crippen molar-refractivity contribution in [1.82, 2.24) is 29.7 Å². The van der Waals surface area contributed by atoms with Gasteiger partial charge in [-0.3, -0.25) is 9.67 Å². The van der Waals surface area contributed by atoms with E-state index in [0.29, 0.717) is 0 Å². The molecule has 0 aliphatic heterocycles. The molecule has 2 N–H and O–H groups in total. The number of H-pyrrole nitrogens is 2. The molecular formula is C14H12N6. The molecule has 4 rings (SSSR count). The van der Waals surface area contributed by atoms with E-state index < -0.39 is 0 Å². The molecule has 0 saturated carbocycles. The zero-order valence-corrected chi connectivity index (χ0v) is 10.8. The van der Waals surface area contributed by atoms with Crippen molar-refractivity contribution in [2.75, 3.05) is 0 Å². The fraction of sp³-hybridized carbons (Fsp3) is 0.0714. The maximum absolute atomic E-state index is 4.42. The lowest BCUT2D eigenvalue weighted by molar-refractivity contribution is 1.05. The van der Waals surface area contributed by atoms with Crippen molar-refractivity contribution in [3.05, 3.63) is 48.8 Å². The fourth-order valence-electron chi connectivity index (χ4n) is 2.35. The topological polar surface area (TPSA) is 75.2 Å². The zero-order chi connectivity index (χ0) is 13.5. The highest BCUT2D eigenvalue weighted by molar-refractivity contribution is 5.80. The zero-order valence-electron chi connectivity index (χ0n) is 10.8. The average molecular weight is 264 g/mol. The first-order valence-electron chi connectivity index (χ1n) is 6.30. The van der Waals surface area contributed by atoms with Crippen LogP contribution in [0.25, 0.3) is 28.1 Å². The van der Waals surface area contributed by atoms with Gasteiger partial charge in [-0.05, 0) is 25.1 Å². The Morgan fingerprint density at radius 2 is 2.15 bits per heavy atom. The number of hydrogen-bond donors (Lipinski definition) is 2. The van der Waals surface area contributed by atoms with E-state index in [1.807, 2.05) is 36.0 Å². The van der Waals surface area contributed by atoms with Gasteiger partial charge in [0.05, 0.1) is 18.0 Å². The van der Waals surface area contributed by atoms with Crippen LogP contribution in [-0.2, 0) is 0 Å². The monoisotopic (exact) mass is 264 g/mol. The highest BCUT2D eigenvalue weighted by Crippen LogP contribution is 2.23. The molecule has 0 radical (unpaired) electrons. The van der Waals surface area contributed by atoms with E-state index in [1.54, 1.807) is 12.5 Å². The van der Waals surface area contributed by atoms with Gasteiger partial charge in [-0.15, -0.1) is 0 Å². The summed E-state index contributed by atoms with van der Waals surface area (Å²) in [5.41, 5.74) is 3.89. The Balaban J connectivity index is 1.90. The number of fused-ring (bicyclic) bond motifs is 1. The average Bonchev–Trinajstić information content (AvgIpc) is 3.16. The van der Waals surface area contributed by atoms with Crippen molar-refractivity contribution in [2.45, 2.75) is 6.92 Å². The lowest BCUT2D eigenvalue weighted by atomic mass is 10.2. The van der Waals surface area contributed by atoms with Crippen molar-refractivity contribution in [3.8, 4) is 17.2 Å². The van der Waals surface area contributed by atoms with Crippen LogP contribution in [0.1, 0.15) is 5.69 Å². The molecule has 98 valence electrons. The summed E-state index contributed by atoms with van der Waals surface area (Å²) in [6.07, 6.45) is 7.20. The molecule has 0 aliphatic carbocycles. The number of nitrogens with zero attached hydrogens (tertiary/aromatic N) is 4. The third-order valence-corrected chi connectivity index (χ3v) is 3.39. The lowest BCUT2D eigenvalue weighted by Crippen LogP contribution is -1.97. The van der Waals surface area contributed by atoms with E-state index in [9.17, 15) is 0 Å². The SMILES string of the molecule is Cc1[nH]cnc1-c1nccn1-c1ccc2cn[nH]c2c1. The van der Waals surface area contributed by atoms with E-state index in [2.05, 4.69) is 31.2 Å². The Kier molecular flexibility index (Phi) is 2.23. The van der Waals surface area contributed by atoms with E-state index >= 15 is 0 Å². The van der Waals surface area contributed by atoms with Crippen molar-refractivity contribution in [2.24, 2.45) is 0 Å². The van der Waals surface area contributed by atoms with Crippen molar-refractivity contribution >= 4 is 10.9 Å². The van der Waals surface area contributed by atoms with Crippen LogP contribution in [0.15, 0.2) is 43.1 Å². The first-order chi connectivity index (χ1) is 9.83. The molecule has 6 heteroatoms. The van der Waals surface area contributed by atoms with E-state index in [1.165, 1.54) is 0 Å². The molecular weight excluding hydrogens is 252 g/mol. The van der Waals surface area contributed by atoms with Gasteiger partial charge in [-0.1, -0.05) is 0 Å². The Bertz CT molecular complexity index is 882. The second-order valence-corrected chi connectivity index (χ2v) is 4.64. The summed E-state index contributed by atoms with van der Waals surface area (Å²) in [5, 5.41) is 8.11. The van der Waals surface area contributed by atoms with Crippen LogP contribution in [0.2, 0.25) is 0 Å². The molecule has 0 aliphatic rings. The number of rotatable bonds is 2. The molecule has 0 atom stereocenters. The molecule has 3 aromatic heterocycles. The number of hydrogen-bond acceptors (Lipinski definition) is 3. The molecule has 0 fully saturated rings. The summed E-state index contributed by atoms with van der Waals surface area (Å²) in [4.78, 5) is 11.8. The predicted molar refractivity (Wildman–Crippen MR) is 75.5 cm³/mol. The maximum Gasteiger partial charge on any atom is 0.165 e. The molecule has 0 saturated heterocycles. The maximum atomic E-state index is 4.42. The molecule has 6 nitrogen and oxygen atoms in total. The molecule has 1 aromatic carbocycles. The van der Waals surface area contributed by atoms with Gasteiger partial charge >= 0.3 is 0 Å². The summed E-state index contributed by atoms with van der Waals surface area (Å²) in [7, 11) is 0. The molecule has 0 amide bonds. The van der Waals surface area contributed by atoms with E-state index in [4.69, 9.17) is 0 Å². The Labute approximate surface area is 114 Å². The van der Waals surface area contributed by atoms with Gasteiger partial charge < -0.3 is 4.98 Å². The quantitative estimate of drug-likeness (QED) is 0.584. The van der Waals surface area contributed by atoms with Gasteiger partial charge in [0.1, 0.15) is 5.69 Å². The smallest absolute Gasteiger partial charge is 0.165 e. The molecule has 0 unspecified atom stereocenters. The second kappa shape index (κ2) is 4.06. The van der Waals surface area contributed by atoms with Crippen LogP contribution in [0, 0.1) is 6.92 Å². The summed E-state index contributed by atoms with van der Waals surface area (Å²) in [5.74, 6) is 0.822. The molecule has 20 heavy (non-hydrogen) atoms. The third kappa shape index (κ3) is 1.55. The number of imidazole rings is 2. The Morgan fingerprint density at radius 1 is 1.20 bits per heavy atom. The van der Waals surface area contributed by atoms with Gasteiger partial charge in [-0.25, -0.2) is 9.97 Å². The van der Waals surface area contributed by atoms with E-state index in [-0.39, 0.29) is 0 Å². The number of nitrogens with one attached hydrogen (secondary N) is 2. The normalized spacial score (nSPS) is 11.2. The minimum Gasteiger partial charge on any atom is -0.348 e. The summed E-state index contributed by atoms with van der Waals surface area (Å²) < 4.78 is 2.02. The van der Waals surface area contributed by atoms with Gasteiger partial charge in [0.15, 0.2) is 5.82 Å². The van der Waals surface area contributed by atoms with Crippen LogP contribution >= 0.6 is 0 Å². The van der Waals surface area contributed by atoms with Crippen LogP contribution in [0.5, 0.6) is 0 Å².